The highest BCUT2D eigenvalue weighted by atomic mass is 32.2. The Morgan fingerprint density at radius 3 is 2.45 bits per heavy atom. The molecule has 172 valence electrons. The van der Waals surface area contributed by atoms with Crippen LogP contribution in [0.5, 0.6) is 11.5 Å². The van der Waals surface area contributed by atoms with E-state index in [0.717, 1.165) is 17.4 Å². The molecule has 1 aromatic heterocycles. The van der Waals surface area contributed by atoms with E-state index < -0.39 is 10.0 Å². The fourth-order valence-corrected chi connectivity index (χ4v) is 5.38. The Bertz CT molecular complexity index is 1270. The average molecular weight is 469 g/mol. The van der Waals surface area contributed by atoms with Crippen LogP contribution in [-0.4, -0.2) is 62.9 Å². The van der Waals surface area contributed by atoms with Crippen LogP contribution in [0.1, 0.15) is 12.2 Å². The van der Waals surface area contributed by atoms with Gasteiger partial charge in [-0.3, -0.25) is 4.79 Å². The molecule has 33 heavy (non-hydrogen) atoms. The summed E-state index contributed by atoms with van der Waals surface area (Å²) < 4.78 is 44.6. The average Bonchev–Trinajstić information content (AvgIpc) is 3.11. The van der Waals surface area contributed by atoms with Crippen LogP contribution in [0.15, 0.2) is 63.9 Å². The molecule has 2 aliphatic heterocycles. The number of hydrogen-bond donors (Lipinski definition) is 0. The number of hydrogen-bond acceptors (Lipinski definition) is 6. The number of sulfonamides is 1. The summed E-state index contributed by atoms with van der Waals surface area (Å²) in [6, 6.07) is 14.2. The van der Waals surface area contributed by atoms with Gasteiger partial charge in [-0.05, 0) is 30.3 Å². The zero-order chi connectivity index (χ0) is 22.8. The van der Waals surface area contributed by atoms with Crippen LogP contribution in [0.4, 0.5) is 0 Å². The number of nitrogens with zero attached hydrogens (tertiary/aromatic N) is 2. The van der Waals surface area contributed by atoms with E-state index in [2.05, 4.69) is 0 Å². The predicted octanol–water partition coefficient (Wildman–Crippen LogP) is 3.14. The van der Waals surface area contributed by atoms with Gasteiger partial charge in [0.05, 0.1) is 18.1 Å². The number of piperazine rings is 1. The number of rotatable bonds is 4. The van der Waals surface area contributed by atoms with Gasteiger partial charge >= 0.3 is 0 Å². The molecule has 0 bridgehead atoms. The number of amides is 1. The lowest BCUT2D eigenvalue weighted by Crippen LogP contribution is -2.50. The van der Waals surface area contributed by atoms with Gasteiger partial charge in [-0.25, -0.2) is 8.42 Å². The smallest absolute Gasteiger partial charge is 0.246 e. The largest absolute Gasteiger partial charge is 0.490 e. The molecule has 0 spiro atoms. The second-order valence-electron chi connectivity index (χ2n) is 7.91. The molecule has 8 nitrogen and oxygen atoms in total. The van der Waals surface area contributed by atoms with Gasteiger partial charge in [0.25, 0.3) is 0 Å². The van der Waals surface area contributed by atoms with E-state index in [-0.39, 0.29) is 23.9 Å². The Balaban J connectivity index is 1.22. The van der Waals surface area contributed by atoms with E-state index >= 15 is 0 Å². The molecule has 2 aromatic carbocycles. The summed E-state index contributed by atoms with van der Waals surface area (Å²) in [6.07, 6.45) is 3.85. The maximum absolute atomic E-state index is 13.1. The Labute approximate surface area is 192 Å². The van der Waals surface area contributed by atoms with Crippen LogP contribution in [0.25, 0.3) is 17.0 Å². The van der Waals surface area contributed by atoms with Crippen LogP contribution in [0.2, 0.25) is 0 Å². The molecule has 1 fully saturated rings. The molecule has 5 rings (SSSR count). The minimum atomic E-state index is -3.70. The number of benzene rings is 2. The summed E-state index contributed by atoms with van der Waals surface area (Å²) in [5.41, 5.74) is 0.762. The number of carbonyl (C=O) groups is 1. The van der Waals surface area contributed by atoms with Gasteiger partial charge in [-0.15, -0.1) is 0 Å². The van der Waals surface area contributed by atoms with Crippen LogP contribution in [0, 0.1) is 0 Å². The minimum Gasteiger partial charge on any atom is -0.490 e. The monoisotopic (exact) mass is 468 g/mol. The fraction of sp³-hybridized carbons (Fsp3) is 0.292. The maximum Gasteiger partial charge on any atom is 0.246 e. The zero-order valence-corrected chi connectivity index (χ0v) is 18.8. The first-order valence-electron chi connectivity index (χ1n) is 10.9. The molecule has 0 aliphatic carbocycles. The quantitative estimate of drug-likeness (QED) is 0.547. The highest BCUT2D eigenvalue weighted by Crippen LogP contribution is 2.33. The summed E-state index contributed by atoms with van der Waals surface area (Å²) in [6.45, 7) is 2.10. The first kappa shape index (κ1) is 21.5. The zero-order valence-electron chi connectivity index (χ0n) is 18.0. The highest BCUT2D eigenvalue weighted by Gasteiger charge is 2.30. The predicted molar refractivity (Wildman–Crippen MR) is 123 cm³/mol. The molecule has 0 unspecified atom stereocenters. The molecule has 0 atom stereocenters. The van der Waals surface area contributed by atoms with Crippen molar-refractivity contribution in [3.8, 4) is 11.5 Å². The van der Waals surface area contributed by atoms with E-state index in [1.807, 2.05) is 30.3 Å². The maximum atomic E-state index is 13.1. The van der Waals surface area contributed by atoms with Gasteiger partial charge in [0.1, 0.15) is 11.3 Å². The highest BCUT2D eigenvalue weighted by molar-refractivity contribution is 7.89. The summed E-state index contributed by atoms with van der Waals surface area (Å²) in [5.74, 6) is 1.42. The Hall–Kier alpha value is -3.30. The number of furan rings is 1. The molecular weight excluding hydrogens is 444 g/mol. The van der Waals surface area contributed by atoms with Crippen molar-refractivity contribution < 1.29 is 27.1 Å². The summed E-state index contributed by atoms with van der Waals surface area (Å²) in [7, 11) is -3.70. The third-order valence-corrected chi connectivity index (χ3v) is 7.64. The number of fused-ring (bicyclic) bond motifs is 2. The first-order valence-corrected chi connectivity index (χ1v) is 12.3. The van der Waals surface area contributed by atoms with E-state index in [0.29, 0.717) is 43.6 Å². The normalized spacial score (nSPS) is 17.4. The molecular formula is C24H24N2O6S. The number of para-hydroxylation sites is 1. The SMILES string of the molecule is O=C(/C=C/c1cc2ccccc2o1)N1CCN(S(=O)(=O)c2ccc3c(c2)OCCCO3)CC1. The Morgan fingerprint density at radius 2 is 1.67 bits per heavy atom. The molecule has 0 radical (unpaired) electrons. The third-order valence-electron chi connectivity index (χ3n) is 5.74. The van der Waals surface area contributed by atoms with E-state index in [1.165, 1.54) is 22.5 Å². The number of ether oxygens (including phenoxy) is 2. The molecule has 0 N–H and O–H groups in total. The summed E-state index contributed by atoms with van der Waals surface area (Å²) >= 11 is 0. The molecule has 9 heteroatoms. The van der Waals surface area contributed by atoms with Crippen molar-refractivity contribution in [1.82, 2.24) is 9.21 Å². The summed E-state index contributed by atoms with van der Waals surface area (Å²) in [5, 5.41) is 0.971. The standard InChI is InChI=1S/C24H24N2O6S/c27-24(9-6-19-16-18-4-1-2-5-21(18)32-19)25-10-12-26(13-11-25)33(28,29)20-7-8-22-23(17-20)31-15-3-14-30-22/h1-2,4-9,16-17H,3,10-15H2/b9-6+. The van der Waals surface area contributed by atoms with E-state index in [4.69, 9.17) is 13.9 Å². The van der Waals surface area contributed by atoms with Gasteiger partial charge in [0.2, 0.25) is 15.9 Å². The van der Waals surface area contributed by atoms with Crippen molar-refractivity contribution in [1.29, 1.82) is 0 Å². The van der Waals surface area contributed by atoms with E-state index in [9.17, 15) is 13.2 Å². The van der Waals surface area contributed by atoms with Crippen molar-refractivity contribution in [2.45, 2.75) is 11.3 Å². The topological polar surface area (TPSA) is 89.3 Å². The van der Waals surface area contributed by atoms with Crippen molar-refractivity contribution >= 4 is 33.0 Å². The lowest BCUT2D eigenvalue weighted by atomic mass is 10.2. The molecule has 1 saturated heterocycles. The fourth-order valence-electron chi connectivity index (χ4n) is 3.95. The second kappa shape index (κ2) is 8.92. The van der Waals surface area contributed by atoms with Gasteiger partial charge in [0.15, 0.2) is 11.5 Å². The molecule has 2 aliphatic rings. The van der Waals surface area contributed by atoms with Crippen LogP contribution in [-0.2, 0) is 14.8 Å². The van der Waals surface area contributed by atoms with Gasteiger partial charge in [-0.2, -0.15) is 4.31 Å². The molecule has 3 heterocycles. The minimum absolute atomic E-state index is 0.163. The second-order valence-corrected chi connectivity index (χ2v) is 9.85. The number of carbonyl (C=O) groups excluding carboxylic acids is 1. The first-order chi connectivity index (χ1) is 16.0. The van der Waals surface area contributed by atoms with Crippen LogP contribution in [0.3, 0.4) is 0 Å². The summed E-state index contributed by atoms with van der Waals surface area (Å²) in [4.78, 5) is 14.4. The molecule has 1 amide bonds. The van der Waals surface area contributed by atoms with E-state index in [1.54, 1.807) is 17.0 Å². The van der Waals surface area contributed by atoms with Crippen molar-refractivity contribution in [2.75, 3.05) is 39.4 Å². The third kappa shape index (κ3) is 4.46. The lowest BCUT2D eigenvalue weighted by Gasteiger charge is -2.33. The van der Waals surface area contributed by atoms with Gasteiger partial charge < -0.3 is 18.8 Å². The van der Waals surface area contributed by atoms with Crippen LogP contribution < -0.4 is 9.47 Å². The van der Waals surface area contributed by atoms with Gasteiger partial charge in [-0.1, -0.05) is 18.2 Å². The Morgan fingerprint density at radius 1 is 0.909 bits per heavy atom. The van der Waals surface area contributed by atoms with Crippen LogP contribution >= 0.6 is 0 Å². The Kier molecular flexibility index (Phi) is 5.82. The molecule has 3 aromatic rings. The van der Waals surface area contributed by atoms with Crippen molar-refractivity contribution in [2.24, 2.45) is 0 Å². The molecule has 0 saturated carbocycles. The van der Waals surface area contributed by atoms with Crippen molar-refractivity contribution in [3.05, 3.63) is 60.4 Å². The van der Waals surface area contributed by atoms with Crippen molar-refractivity contribution in [3.63, 3.8) is 0 Å². The van der Waals surface area contributed by atoms with Gasteiger partial charge in [0, 0.05) is 50.1 Å². The lowest BCUT2D eigenvalue weighted by molar-refractivity contribution is -0.127.